The molecule has 0 unspecified atom stereocenters. The van der Waals surface area contributed by atoms with E-state index in [1.54, 1.807) is 6.07 Å². The molecule has 0 heterocycles. The fraction of sp³-hybridized carbons (Fsp3) is 0.333. The van der Waals surface area contributed by atoms with Crippen LogP contribution in [-0.4, -0.2) is 7.05 Å². The van der Waals surface area contributed by atoms with Gasteiger partial charge in [0.05, 0.1) is 0 Å². The van der Waals surface area contributed by atoms with E-state index >= 15 is 0 Å². The summed E-state index contributed by atoms with van der Waals surface area (Å²) in [5, 5.41) is 3.14. The van der Waals surface area contributed by atoms with E-state index in [9.17, 15) is 4.39 Å². The molecule has 2 aromatic carbocycles. The molecule has 0 aromatic heterocycles. The van der Waals surface area contributed by atoms with E-state index in [1.807, 2.05) is 13.1 Å². The highest BCUT2D eigenvalue weighted by molar-refractivity contribution is 5.68. The van der Waals surface area contributed by atoms with Crippen LogP contribution in [-0.2, 0) is 13.0 Å². The van der Waals surface area contributed by atoms with Crippen molar-refractivity contribution < 1.29 is 4.39 Å². The molecule has 1 nitrogen and oxygen atoms in total. The Kier molecular flexibility index (Phi) is 4.91. The highest BCUT2D eigenvalue weighted by atomic mass is 19.1. The SMILES string of the molecule is CNCc1ccc(F)cc1-c1cccc(CC(C)C)c1. The molecule has 2 aromatic rings. The largest absolute Gasteiger partial charge is 0.316 e. The second-order valence-electron chi connectivity index (χ2n) is 5.63. The Bertz CT molecular complexity index is 575. The number of halogens is 1. The van der Waals surface area contributed by atoms with Crippen molar-refractivity contribution >= 4 is 0 Å². The predicted molar refractivity (Wildman–Crippen MR) is 83.1 cm³/mol. The van der Waals surface area contributed by atoms with Crippen molar-refractivity contribution in [1.29, 1.82) is 0 Å². The summed E-state index contributed by atoms with van der Waals surface area (Å²) in [4.78, 5) is 0. The lowest BCUT2D eigenvalue weighted by atomic mass is 9.95. The summed E-state index contributed by atoms with van der Waals surface area (Å²) >= 11 is 0. The first-order valence-electron chi connectivity index (χ1n) is 7.12. The average molecular weight is 271 g/mol. The van der Waals surface area contributed by atoms with Crippen molar-refractivity contribution in [3.8, 4) is 11.1 Å². The third kappa shape index (κ3) is 3.67. The molecule has 2 heteroatoms. The van der Waals surface area contributed by atoms with E-state index in [0.717, 1.165) is 29.7 Å². The van der Waals surface area contributed by atoms with Crippen LogP contribution in [0.1, 0.15) is 25.0 Å². The van der Waals surface area contributed by atoms with Crippen molar-refractivity contribution in [1.82, 2.24) is 5.32 Å². The second kappa shape index (κ2) is 6.67. The van der Waals surface area contributed by atoms with Gasteiger partial charge in [-0.3, -0.25) is 0 Å². The Morgan fingerprint density at radius 3 is 2.60 bits per heavy atom. The topological polar surface area (TPSA) is 12.0 Å². The standard InChI is InChI=1S/C18H22FN/c1-13(2)9-14-5-4-6-15(10-14)18-11-17(19)8-7-16(18)12-20-3/h4-8,10-11,13,20H,9,12H2,1-3H3. The molecule has 0 atom stereocenters. The van der Waals surface area contributed by atoms with Crippen LogP contribution >= 0.6 is 0 Å². The molecule has 0 fully saturated rings. The third-order valence-electron chi connectivity index (χ3n) is 3.32. The van der Waals surface area contributed by atoms with Crippen molar-refractivity contribution in [2.75, 3.05) is 7.05 Å². The molecular weight excluding hydrogens is 249 g/mol. The zero-order chi connectivity index (χ0) is 14.5. The fourth-order valence-corrected chi connectivity index (χ4v) is 2.50. The summed E-state index contributed by atoms with van der Waals surface area (Å²) in [5.41, 5.74) is 4.49. The minimum absolute atomic E-state index is 0.186. The summed E-state index contributed by atoms with van der Waals surface area (Å²) in [7, 11) is 1.91. The van der Waals surface area contributed by atoms with Crippen molar-refractivity contribution in [2.24, 2.45) is 5.92 Å². The molecule has 0 amide bonds. The minimum Gasteiger partial charge on any atom is -0.316 e. The first-order valence-corrected chi connectivity index (χ1v) is 7.12. The molecule has 1 N–H and O–H groups in total. The van der Waals surface area contributed by atoms with Crippen LogP contribution in [0.15, 0.2) is 42.5 Å². The van der Waals surface area contributed by atoms with Gasteiger partial charge in [-0.2, -0.15) is 0 Å². The van der Waals surface area contributed by atoms with Gasteiger partial charge in [-0.15, -0.1) is 0 Å². The lowest BCUT2D eigenvalue weighted by Gasteiger charge is -2.12. The third-order valence-corrected chi connectivity index (χ3v) is 3.32. The predicted octanol–water partition coefficient (Wildman–Crippen LogP) is 4.41. The Balaban J connectivity index is 2.42. The summed E-state index contributed by atoms with van der Waals surface area (Å²) in [5.74, 6) is 0.434. The molecule has 0 aliphatic carbocycles. The molecule has 0 saturated heterocycles. The van der Waals surface area contributed by atoms with Gasteiger partial charge in [0.1, 0.15) is 5.82 Å². The molecular formula is C18H22FN. The summed E-state index contributed by atoms with van der Waals surface area (Å²) < 4.78 is 13.6. The molecule has 0 aliphatic rings. The van der Waals surface area contributed by atoms with Gasteiger partial charge >= 0.3 is 0 Å². The van der Waals surface area contributed by atoms with Gasteiger partial charge in [-0.1, -0.05) is 44.2 Å². The number of hydrogen-bond acceptors (Lipinski definition) is 1. The molecule has 0 aliphatic heterocycles. The van der Waals surface area contributed by atoms with Gasteiger partial charge in [0.2, 0.25) is 0 Å². The average Bonchev–Trinajstić information content (AvgIpc) is 2.40. The first kappa shape index (κ1) is 14.7. The number of hydrogen-bond donors (Lipinski definition) is 1. The van der Waals surface area contributed by atoms with Crippen LogP contribution in [0.3, 0.4) is 0 Å². The van der Waals surface area contributed by atoms with E-state index in [4.69, 9.17) is 0 Å². The molecule has 106 valence electrons. The van der Waals surface area contributed by atoms with E-state index < -0.39 is 0 Å². The fourth-order valence-electron chi connectivity index (χ4n) is 2.50. The number of nitrogens with one attached hydrogen (secondary N) is 1. The number of benzene rings is 2. The van der Waals surface area contributed by atoms with E-state index in [2.05, 4.69) is 43.4 Å². The van der Waals surface area contributed by atoms with Gasteiger partial charge in [0.25, 0.3) is 0 Å². The Hall–Kier alpha value is -1.67. The van der Waals surface area contributed by atoms with E-state index in [0.29, 0.717) is 5.92 Å². The second-order valence-corrected chi connectivity index (χ2v) is 5.63. The van der Waals surface area contributed by atoms with Crippen LogP contribution in [0.5, 0.6) is 0 Å². The van der Waals surface area contributed by atoms with E-state index in [-0.39, 0.29) is 5.82 Å². The molecule has 0 radical (unpaired) electrons. The zero-order valence-electron chi connectivity index (χ0n) is 12.4. The first-order chi connectivity index (χ1) is 9.60. The highest BCUT2D eigenvalue weighted by Gasteiger charge is 2.07. The van der Waals surface area contributed by atoms with Crippen LogP contribution in [0, 0.1) is 11.7 Å². The lowest BCUT2D eigenvalue weighted by molar-refractivity contribution is 0.627. The smallest absolute Gasteiger partial charge is 0.123 e. The minimum atomic E-state index is -0.186. The molecule has 2 rings (SSSR count). The summed E-state index contributed by atoms with van der Waals surface area (Å²) in [6, 6.07) is 13.4. The Morgan fingerprint density at radius 1 is 1.10 bits per heavy atom. The van der Waals surface area contributed by atoms with Gasteiger partial charge in [-0.05, 0) is 53.8 Å². The van der Waals surface area contributed by atoms with Gasteiger partial charge in [-0.25, -0.2) is 4.39 Å². The highest BCUT2D eigenvalue weighted by Crippen LogP contribution is 2.26. The van der Waals surface area contributed by atoms with Crippen molar-refractivity contribution in [3.63, 3.8) is 0 Å². The molecule has 20 heavy (non-hydrogen) atoms. The normalized spacial score (nSPS) is 11.1. The maximum Gasteiger partial charge on any atom is 0.123 e. The van der Waals surface area contributed by atoms with Gasteiger partial charge < -0.3 is 5.32 Å². The summed E-state index contributed by atoms with van der Waals surface area (Å²) in [6.45, 7) is 5.16. The number of rotatable bonds is 5. The molecule has 0 bridgehead atoms. The van der Waals surface area contributed by atoms with Crippen LogP contribution < -0.4 is 5.32 Å². The van der Waals surface area contributed by atoms with Crippen LogP contribution in [0.4, 0.5) is 4.39 Å². The Morgan fingerprint density at radius 2 is 1.90 bits per heavy atom. The van der Waals surface area contributed by atoms with E-state index in [1.165, 1.54) is 11.6 Å². The maximum absolute atomic E-state index is 13.6. The van der Waals surface area contributed by atoms with Gasteiger partial charge in [0.15, 0.2) is 0 Å². The maximum atomic E-state index is 13.6. The van der Waals surface area contributed by atoms with Crippen LogP contribution in [0.2, 0.25) is 0 Å². The monoisotopic (exact) mass is 271 g/mol. The van der Waals surface area contributed by atoms with Crippen LogP contribution in [0.25, 0.3) is 11.1 Å². The van der Waals surface area contributed by atoms with Gasteiger partial charge in [0, 0.05) is 6.54 Å². The lowest BCUT2D eigenvalue weighted by Crippen LogP contribution is -2.06. The van der Waals surface area contributed by atoms with Crippen molar-refractivity contribution in [2.45, 2.75) is 26.8 Å². The molecule has 0 spiro atoms. The molecule has 0 saturated carbocycles. The Labute approximate surface area is 120 Å². The summed E-state index contributed by atoms with van der Waals surface area (Å²) in [6.07, 6.45) is 1.05. The zero-order valence-corrected chi connectivity index (χ0v) is 12.4. The van der Waals surface area contributed by atoms with Crippen molar-refractivity contribution in [3.05, 3.63) is 59.4 Å². The quantitative estimate of drug-likeness (QED) is 0.849.